The summed E-state index contributed by atoms with van der Waals surface area (Å²) in [4.78, 5) is 14.4. The van der Waals surface area contributed by atoms with Gasteiger partial charge in [-0.1, -0.05) is 30.3 Å². The first kappa shape index (κ1) is 16.0. The molecule has 0 unspecified atom stereocenters. The highest BCUT2D eigenvalue weighted by molar-refractivity contribution is 9.10. The first-order valence-electron chi connectivity index (χ1n) is 7.70. The SMILES string of the molecule is O=C(c1ccc(OCc2ccccc2)cc1Br)N1CCNCC1. The maximum absolute atomic E-state index is 12.5. The number of hydrogen-bond acceptors (Lipinski definition) is 3. The number of hydrogen-bond donors (Lipinski definition) is 1. The van der Waals surface area contributed by atoms with Crippen LogP contribution in [0.4, 0.5) is 0 Å². The van der Waals surface area contributed by atoms with Gasteiger partial charge < -0.3 is 15.0 Å². The quantitative estimate of drug-likeness (QED) is 0.893. The highest BCUT2D eigenvalue weighted by Gasteiger charge is 2.20. The van der Waals surface area contributed by atoms with E-state index in [0.29, 0.717) is 12.2 Å². The molecule has 3 rings (SSSR count). The summed E-state index contributed by atoms with van der Waals surface area (Å²) in [5.41, 5.74) is 1.79. The van der Waals surface area contributed by atoms with Crippen molar-refractivity contribution in [1.29, 1.82) is 0 Å². The van der Waals surface area contributed by atoms with E-state index in [1.807, 2.05) is 53.4 Å². The number of halogens is 1. The molecule has 1 N–H and O–H groups in total. The van der Waals surface area contributed by atoms with Crippen molar-refractivity contribution in [2.24, 2.45) is 0 Å². The molecule has 0 aromatic heterocycles. The summed E-state index contributed by atoms with van der Waals surface area (Å²) >= 11 is 3.50. The molecule has 1 aliphatic heterocycles. The molecule has 0 spiro atoms. The van der Waals surface area contributed by atoms with Crippen molar-refractivity contribution >= 4 is 21.8 Å². The van der Waals surface area contributed by atoms with Crippen molar-refractivity contribution in [2.45, 2.75) is 6.61 Å². The molecule has 1 fully saturated rings. The molecular weight excluding hydrogens is 356 g/mol. The first-order chi connectivity index (χ1) is 11.2. The van der Waals surface area contributed by atoms with Gasteiger partial charge in [0.15, 0.2) is 0 Å². The van der Waals surface area contributed by atoms with E-state index in [-0.39, 0.29) is 5.91 Å². The number of carbonyl (C=O) groups excluding carboxylic acids is 1. The molecule has 2 aromatic carbocycles. The number of nitrogens with one attached hydrogen (secondary N) is 1. The van der Waals surface area contributed by atoms with Crippen LogP contribution >= 0.6 is 15.9 Å². The summed E-state index contributed by atoms with van der Waals surface area (Å²) in [5.74, 6) is 0.811. The molecule has 0 bridgehead atoms. The van der Waals surface area contributed by atoms with Gasteiger partial charge in [0.25, 0.3) is 5.91 Å². The summed E-state index contributed by atoms with van der Waals surface area (Å²) in [6, 6.07) is 15.6. The molecule has 0 aliphatic carbocycles. The lowest BCUT2D eigenvalue weighted by atomic mass is 10.1. The molecule has 0 atom stereocenters. The van der Waals surface area contributed by atoms with Crippen LogP contribution in [-0.4, -0.2) is 37.0 Å². The molecule has 4 nitrogen and oxygen atoms in total. The average Bonchev–Trinajstić information content (AvgIpc) is 2.61. The van der Waals surface area contributed by atoms with E-state index in [2.05, 4.69) is 21.2 Å². The Hall–Kier alpha value is -1.85. The van der Waals surface area contributed by atoms with Gasteiger partial charge >= 0.3 is 0 Å². The average molecular weight is 375 g/mol. The van der Waals surface area contributed by atoms with Gasteiger partial charge in [-0.2, -0.15) is 0 Å². The molecule has 2 aromatic rings. The zero-order valence-electron chi connectivity index (χ0n) is 12.8. The Labute approximate surface area is 144 Å². The normalized spacial score (nSPS) is 14.6. The molecule has 120 valence electrons. The van der Waals surface area contributed by atoms with Crippen LogP contribution in [0.5, 0.6) is 5.75 Å². The molecular formula is C18H19BrN2O2. The Morgan fingerprint density at radius 3 is 2.57 bits per heavy atom. The predicted molar refractivity (Wildman–Crippen MR) is 93.7 cm³/mol. The van der Waals surface area contributed by atoms with Crippen LogP contribution in [0.1, 0.15) is 15.9 Å². The number of carbonyl (C=O) groups is 1. The number of nitrogens with zero attached hydrogens (tertiary/aromatic N) is 1. The summed E-state index contributed by atoms with van der Waals surface area (Å²) < 4.78 is 6.56. The van der Waals surface area contributed by atoms with Crippen molar-refractivity contribution in [2.75, 3.05) is 26.2 Å². The van der Waals surface area contributed by atoms with Crippen LogP contribution in [0.2, 0.25) is 0 Å². The van der Waals surface area contributed by atoms with Crippen molar-refractivity contribution in [3.63, 3.8) is 0 Å². The number of amides is 1. The minimum atomic E-state index is 0.0629. The molecule has 1 amide bonds. The molecule has 1 heterocycles. The number of piperazine rings is 1. The smallest absolute Gasteiger partial charge is 0.255 e. The Kier molecular flexibility index (Phi) is 5.31. The van der Waals surface area contributed by atoms with E-state index in [1.54, 1.807) is 0 Å². The lowest BCUT2D eigenvalue weighted by molar-refractivity contribution is 0.0735. The van der Waals surface area contributed by atoms with E-state index in [9.17, 15) is 4.79 Å². The van der Waals surface area contributed by atoms with Crippen molar-refractivity contribution in [3.8, 4) is 5.75 Å². The third kappa shape index (κ3) is 4.12. The zero-order chi connectivity index (χ0) is 16.1. The summed E-state index contributed by atoms with van der Waals surface area (Å²) in [7, 11) is 0. The minimum Gasteiger partial charge on any atom is -0.489 e. The third-order valence-electron chi connectivity index (χ3n) is 3.82. The lowest BCUT2D eigenvalue weighted by Gasteiger charge is -2.27. The van der Waals surface area contributed by atoms with E-state index in [4.69, 9.17) is 4.74 Å². The molecule has 5 heteroatoms. The summed E-state index contributed by atoms with van der Waals surface area (Å²) in [6.45, 7) is 3.71. The van der Waals surface area contributed by atoms with Gasteiger partial charge in [0.1, 0.15) is 12.4 Å². The molecule has 23 heavy (non-hydrogen) atoms. The number of rotatable bonds is 4. The van der Waals surface area contributed by atoms with Crippen molar-refractivity contribution in [3.05, 3.63) is 64.1 Å². The summed E-state index contributed by atoms with van der Waals surface area (Å²) in [5, 5.41) is 3.25. The monoisotopic (exact) mass is 374 g/mol. The van der Waals surface area contributed by atoms with Gasteiger partial charge in [-0.15, -0.1) is 0 Å². The zero-order valence-corrected chi connectivity index (χ0v) is 14.4. The fourth-order valence-electron chi connectivity index (χ4n) is 2.54. The maximum Gasteiger partial charge on any atom is 0.255 e. The molecule has 1 aliphatic rings. The Morgan fingerprint density at radius 1 is 1.13 bits per heavy atom. The van der Waals surface area contributed by atoms with Crippen LogP contribution in [0, 0.1) is 0 Å². The van der Waals surface area contributed by atoms with Crippen LogP contribution in [0.25, 0.3) is 0 Å². The number of benzene rings is 2. The van der Waals surface area contributed by atoms with Crippen LogP contribution in [0.3, 0.4) is 0 Å². The Bertz CT molecular complexity index is 670. The molecule has 0 saturated carbocycles. The highest BCUT2D eigenvalue weighted by Crippen LogP contribution is 2.25. The number of ether oxygens (including phenoxy) is 1. The lowest BCUT2D eigenvalue weighted by Crippen LogP contribution is -2.46. The van der Waals surface area contributed by atoms with Gasteiger partial charge in [0, 0.05) is 30.7 Å². The van der Waals surface area contributed by atoms with Gasteiger partial charge in [-0.3, -0.25) is 4.79 Å². The standard InChI is InChI=1S/C18H19BrN2O2/c19-17-12-15(23-13-14-4-2-1-3-5-14)6-7-16(17)18(22)21-10-8-20-9-11-21/h1-7,12,20H,8-11,13H2. The Balaban J connectivity index is 1.66. The van der Waals surface area contributed by atoms with Gasteiger partial charge in [-0.05, 0) is 39.7 Å². The topological polar surface area (TPSA) is 41.6 Å². The van der Waals surface area contributed by atoms with Crippen molar-refractivity contribution in [1.82, 2.24) is 10.2 Å². The van der Waals surface area contributed by atoms with Crippen molar-refractivity contribution < 1.29 is 9.53 Å². The predicted octanol–water partition coefficient (Wildman–Crippen LogP) is 3.07. The third-order valence-corrected chi connectivity index (χ3v) is 4.48. The second kappa shape index (κ2) is 7.62. The van der Waals surface area contributed by atoms with Gasteiger partial charge in [-0.25, -0.2) is 0 Å². The van der Waals surface area contributed by atoms with Gasteiger partial charge in [0.2, 0.25) is 0 Å². The van der Waals surface area contributed by atoms with E-state index >= 15 is 0 Å². The highest BCUT2D eigenvalue weighted by atomic mass is 79.9. The maximum atomic E-state index is 12.5. The summed E-state index contributed by atoms with van der Waals surface area (Å²) in [6.07, 6.45) is 0. The van der Waals surface area contributed by atoms with Gasteiger partial charge in [0.05, 0.1) is 5.56 Å². The molecule has 0 radical (unpaired) electrons. The largest absolute Gasteiger partial charge is 0.489 e. The second-order valence-corrected chi connectivity index (χ2v) is 6.31. The fourth-order valence-corrected chi connectivity index (χ4v) is 3.07. The van der Waals surface area contributed by atoms with E-state index < -0.39 is 0 Å². The van der Waals surface area contributed by atoms with E-state index in [0.717, 1.165) is 42.0 Å². The van der Waals surface area contributed by atoms with Crippen LogP contribution in [-0.2, 0) is 6.61 Å². The minimum absolute atomic E-state index is 0.0629. The molecule has 1 saturated heterocycles. The van der Waals surface area contributed by atoms with Crippen LogP contribution in [0.15, 0.2) is 53.0 Å². The van der Waals surface area contributed by atoms with Crippen LogP contribution < -0.4 is 10.1 Å². The fraction of sp³-hybridized carbons (Fsp3) is 0.278. The Morgan fingerprint density at radius 2 is 1.87 bits per heavy atom. The first-order valence-corrected chi connectivity index (χ1v) is 8.49. The second-order valence-electron chi connectivity index (χ2n) is 5.46. The van der Waals surface area contributed by atoms with E-state index in [1.165, 1.54) is 0 Å².